The van der Waals surface area contributed by atoms with Gasteiger partial charge in [-0.3, -0.25) is 4.90 Å². The smallest absolute Gasteiger partial charge is 0.180 e. The van der Waals surface area contributed by atoms with Gasteiger partial charge < -0.3 is 5.73 Å². The molecule has 15 heavy (non-hydrogen) atoms. The number of nitrogens with zero attached hydrogens (tertiary/aromatic N) is 2. The lowest BCUT2D eigenvalue weighted by molar-refractivity contribution is 0.243. The molecule has 1 aromatic heterocycles. The third-order valence-corrected chi connectivity index (χ3v) is 3.84. The minimum Gasteiger partial charge on any atom is -0.375 e. The van der Waals surface area contributed by atoms with Gasteiger partial charge in [-0.15, -0.1) is 11.3 Å². The molecule has 0 bridgehead atoms. The normalized spacial score (nSPS) is 13.3. The Hall–Kier alpha value is -0.260. The summed E-state index contributed by atoms with van der Waals surface area (Å²) in [7, 11) is 2.14. The Morgan fingerprint density at radius 1 is 1.67 bits per heavy atom. The van der Waals surface area contributed by atoms with Crippen LogP contribution >= 0.6 is 23.1 Å². The maximum atomic E-state index is 5.60. The van der Waals surface area contributed by atoms with Gasteiger partial charge in [0, 0.05) is 18.0 Å². The molecule has 0 radical (unpaired) electrons. The fourth-order valence-corrected chi connectivity index (χ4v) is 2.45. The molecule has 5 heteroatoms. The molecule has 1 unspecified atom stereocenters. The van der Waals surface area contributed by atoms with Crippen molar-refractivity contribution in [2.75, 3.05) is 24.8 Å². The number of hydrogen-bond acceptors (Lipinski definition) is 5. The second kappa shape index (κ2) is 6.35. The van der Waals surface area contributed by atoms with Crippen LogP contribution in [0.5, 0.6) is 0 Å². The first-order chi connectivity index (χ1) is 7.13. The third kappa shape index (κ3) is 4.40. The molecule has 0 amide bonds. The minimum atomic E-state index is 0.598. The van der Waals surface area contributed by atoms with Crippen LogP contribution in [0.4, 0.5) is 5.13 Å². The highest BCUT2D eigenvalue weighted by molar-refractivity contribution is 7.98. The molecule has 0 spiro atoms. The van der Waals surface area contributed by atoms with Crippen LogP contribution in [0.25, 0.3) is 0 Å². The summed E-state index contributed by atoms with van der Waals surface area (Å²) in [4.78, 5) is 6.59. The highest BCUT2D eigenvalue weighted by Crippen LogP contribution is 2.14. The molecular formula is C10H19N3S2. The maximum absolute atomic E-state index is 5.60. The molecule has 0 aliphatic carbocycles. The van der Waals surface area contributed by atoms with Gasteiger partial charge in [-0.25, -0.2) is 4.98 Å². The Morgan fingerprint density at radius 2 is 2.40 bits per heavy atom. The van der Waals surface area contributed by atoms with Crippen LogP contribution in [0.2, 0.25) is 0 Å². The first-order valence-electron chi connectivity index (χ1n) is 5.02. The van der Waals surface area contributed by atoms with Gasteiger partial charge in [-0.2, -0.15) is 11.8 Å². The summed E-state index contributed by atoms with van der Waals surface area (Å²) >= 11 is 3.41. The minimum absolute atomic E-state index is 0.598. The Balaban J connectivity index is 2.37. The zero-order valence-corrected chi connectivity index (χ0v) is 11.2. The van der Waals surface area contributed by atoms with Crippen LogP contribution in [0.1, 0.15) is 19.0 Å². The van der Waals surface area contributed by atoms with Crippen molar-refractivity contribution in [2.24, 2.45) is 0 Å². The molecule has 0 fully saturated rings. The molecule has 0 aliphatic heterocycles. The Labute approximate surface area is 100 Å². The molecule has 0 aliphatic rings. The number of hydrogen-bond donors (Lipinski definition) is 1. The molecule has 0 saturated heterocycles. The first kappa shape index (κ1) is 12.8. The van der Waals surface area contributed by atoms with Crippen LogP contribution in [0, 0.1) is 0 Å². The number of nitrogens with two attached hydrogens (primary N) is 1. The summed E-state index contributed by atoms with van der Waals surface area (Å²) in [6.07, 6.45) is 3.37. The first-order valence-corrected chi connectivity index (χ1v) is 7.30. The van der Waals surface area contributed by atoms with Crippen LogP contribution < -0.4 is 5.73 Å². The van der Waals surface area contributed by atoms with Crippen molar-refractivity contribution in [2.45, 2.75) is 25.9 Å². The van der Waals surface area contributed by atoms with E-state index in [9.17, 15) is 0 Å². The lowest BCUT2D eigenvalue weighted by Gasteiger charge is -2.23. The molecule has 86 valence electrons. The van der Waals surface area contributed by atoms with E-state index >= 15 is 0 Å². The fourth-order valence-electron chi connectivity index (χ4n) is 1.32. The average Bonchev–Trinajstić information content (AvgIpc) is 2.60. The topological polar surface area (TPSA) is 42.1 Å². The average molecular weight is 245 g/mol. The van der Waals surface area contributed by atoms with E-state index in [-0.39, 0.29) is 0 Å². The number of anilines is 1. The molecule has 0 aromatic carbocycles. The molecule has 1 aromatic rings. The number of thiazole rings is 1. The fraction of sp³-hybridized carbons (Fsp3) is 0.700. The molecular weight excluding hydrogens is 226 g/mol. The van der Waals surface area contributed by atoms with Crippen LogP contribution in [-0.4, -0.2) is 35.0 Å². The van der Waals surface area contributed by atoms with Gasteiger partial charge in [-0.05, 0) is 32.4 Å². The van der Waals surface area contributed by atoms with Gasteiger partial charge in [-0.1, -0.05) is 0 Å². The van der Waals surface area contributed by atoms with E-state index in [0.717, 1.165) is 12.2 Å². The van der Waals surface area contributed by atoms with E-state index in [1.807, 2.05) is 17.1 Å². The predicted octanol–water partition coefficient (Wildman–Crippen LogP) is 2.30. The van der Waals surface area contributed by atoms with Crippen molar-refractivity contribution < 1.29 is 0 Å². The maximum Gasteiger partial charge on any atom is 0.180 e. The SMILES string of the molecule is CSCCC(C)N(C)Cc1csc(N)n1. The largest absolute Gasteiger partial charge is 0.375 e. The van der Waals surface area contributed by atoms with E-state index in [1.54, 1.807) is 0 Å². The zero-order valence-electron chi connectivity index (χ0n) is 9.56. The highest BCUT2D eigenvalue weighted by atomic mass is 32.2. The second-order valence-electron chi connectivity index (χ2n) is 3.72. The van der Waals surface area contributed by atoms with E-state index in [2.05, 4.69) is 30.1 Å². The molecule has 3 nitrogen and oxygen atoms in total. The van der Waals surface area contributed by atoms with Crippen molar-refractivity contribution in [3.8, 4) is 0 Å². The van der Waals surface area contributed by atoms with Gasteiger partial charge in [0.25, 0.3) is 0 Å². The van der Waals surface area contributed by atoms with Crippen molar-refractivity contribution in [3.63, 3.8) is 0 Å². The van der Waals surface area contributed by atoms with Crippen LogP contribution in [0.15, 0.2) is 5.38 Å². The van der Waals surface area contributed by atoms with Crippen molar-refractivity contribution in [1.29, 1.82) is 0 Å². The molecule has 1 rings (SSSR count). The van der Waals surface area contributed by atoms with Crippen molar-refractivity contribution in [3.05, 3.63) is 11.1 Å². The Morgan fingerprint density at radius 3 is 2.93 bits per heavy atom. The molecule has 1 heterocycles. The van der Waals surface area contributed by atoms with Gasteiger partial charge in [0.2, 0.25) is 0 Å². The zero-order chi connectivity index (χ0) is 11.3. The Bertz CT molecular complexity index is 288. The summed E-state index contributed by atoms with van der Waals surface area (Å²) in [6, 6.07) is 0.598. The van der Waals surface area contributed by atoms with Crippen molar-refractivity contribution in [1.82, 2.24) is 9.88 Å². The van der Waals surface area contributed by atoms with Gasteiger partial charge >= 0.3 is 0 Å². The summed E-state index contributed by atoms with van der Waals surface area (Å²) in [5.74, 6) is 1.21. The predicted molar refractivity (Wildman–Crippen MR) is 70.5 cm³/mol. The van der Waals surface area contributed by atoms with E-state index < -0.39 is 0 Å². The van der Waals surface area contributed by atoms with Crippen LogP contribution in [-0.2, 0) is 6.54 Å². The molecule has 1 atom stereocenters. The summed E-state index contributed by atoms with van der Waals surface area (Å²) in [6.45, 7) is 3.15. The van der Waals surface area contributed by atoms with E-state index in [4.69, 9.17) is 5.73 Å². The van der Waals surface area contributed by atoms with Gasteiger partial charge in [0.05, 0.1) is 5.69 Å². The standard InChI is InChI=1S/C10H19N3S2/c1-8(4-5-14-3)13(2)6-9-7-15-10(11)12-9/h7-8H,4-6H2,1-3H3,(H2,11,12). The number of thioether (sulfide) groups is 1. The highest BCUT2D eigenvalue weighted by Gasteiger charge is 2.10. The third-order valence-electron chi connectivity index (χ3n) is 2.47. The number of rotatable bonds is 6. The van der Waals surface area contributed by atoms with Gasteiger partial charge in [0.1, 0.15) is 0 Å². The second-order valence-corrected chi connectivity index (χ2v) is 5.60. The van der Waals surface area contributed by atoms with Gasteiger partial charge in [0.15, 0.2) is 5.13 Å². The summed E-state index contributed by atoms with van der Waals surface area (Å²) in [5.41, 5.74) is 6.68. The number of nitrogen functional groups attached to an aromatic ring is 1. The summed E-state index contributed by atoms with van der Waals surface area (Å²) in [5, 5.41) is 2.70. The monoisotopic (exact) mass is 245 g/mol. The van der Waals surface area contributed by atoms with Crippen molar-refractivity contribution >= 4 is 28.2 Å². The Kier molecular flexibility index (Phi) is 5.42. The summed E-state index contributed by atoms with van der Waals surface area (Å²) < 4.78 is 0. The quantitative estimate of drug-likeness (QED) is 0.835. The molecule has 2 N–H and O–H groups in total. The lowest BCUT2D eigenvalue weighted by Crippen LogP contribution is -2.29. The van der Waals surface area contributed by atoms with Crippen LogP contribution in [0.3, 0.4) is 0 Å². The number of aromatic nitrogens is 1. The van der Waals surface area contributed by atoms with E-state index in [0.29, 0.717) is 11.2 Å². The lowest BCUT2D eigenvalue weighted by atomic mass is 10.2. The molecule has 0 saturated carbocycles. The van der Waals surface area contributed by atoms with E-state index in [1.165, 1.54) is 23.5 Å².